The van der Waals surface area contributed by atoms with Gasteiger partial charge in [0.1, 0.15) is 0 Å². The molecular formula is C12H11NO3. The van der Waals surface area contributed by atoms with Gasteiger partial charge in [-0.25, -0.2) is 4.79 Å². The zero-order valence-corrected chi connectivity index (χ0v) is 8.80. The number of carbonyl (C=O) groups is 2. The van der Waals surface area contributed by atoms with E-state index in [0.29, 0.717) is 11.4 Å². The van der Waals surface area contributed by atoms with Crippen LogP contribution in [0.2, 0.25) is 0 Å². The first kappa shape index (κ1) is 10.4. The van der Waals surface area contributed by atoms with Crippen LogP contribution in [-0.2, 0) is 9.59 Å². The number of allylic oxidation sites excluding steroid dienone is 1. The summed E-state index contributed by atoms with van der Waals surface area (Å²) < 4.78 is 0. The average Bonchev–Trinajstić information content (AvgIpc) is 2.56. The van der Waals surface area contributed by atoms with E-state index < -0.39 is 5.97 Å². The normalized spacial score (nSPS) is 15.8. The molecule has 4 nitrogen and oxygen atoms in total. The summed E-state index contributed by atoms with van der Waals surface area (Å²) in [5, 5.41) is 8.93. The molecule has 1 heterocycles. The second-order valence-electron chi connectivity index (χ2n) is 3.61. The Hall–Kier alpha value is -2.10. The summed E-state index contributed by atoms with van der Waals surface area (Å²) in [7, 11) is 0. The molecule has 1 aliphatic heterocycles. The molecule has 0 radical (unpaired) electrons. The van der Waals surface area contributed by atoms with Gasteiger partial charge in [0.15, 0.2) is 0 Å². The Labute approximate surface area is 92.8 Å². The van der Waals surface area contributed by atoms with Crippen molar-refractivity contribution in [1.29, 1.82) is 0 Å². The summed E-state index contributed by atoms with van der Waals surface area (Å²) in [5.74, 6) is -1.22. The number of carboxylic acid groups (broad SMARTS) is 1. The maximum absolute atomic E-state index is 11.7. The monoisotopic (exact) mass is 217 g/mol. The number of hydrogen-bond donors (Lipinski definition) is 1. The Morgan fingerprint density at radius 3 is 2.44 bits per heavy atom. The van der Waals surface area contributed by atoms with Gasteiger partial charge >= 0.3 is 5.97 Å². The molecule has 0 aliphatic carbocycles. The van der Waals surface area contributed by atoms with Crippen molar-refractivity contribution >= 4 is 17.6 Å². The predicted octanol–water partition coefficient (Wildman–Crippen LogP) is 1.78. The Morgan fingerprint density at radius 2 is 1.94 bits per heavy atom. The highest BCUT2D eigenvalue weighted by molar-refractivity contribution is 6.08. The van der Waals surface area contributed by atoms with Gasteiger partial charge < -0.3 is 5.11 Å². The number of aliphatic carboxylic acids is 1. The van der Waals surface area contributed by atoms with E-state index in [1.54, 1.807) is 19.1 Å². The summed E-state index contributed by atoms with van der Waals surface area (Å²) in [4.78, 5) is 24.1. The summed E-state index contributed by atoms with van der Waals surface area (Å²) in [6.07, 6.45) is -0.0317. The fraction of sp³-hybridized carbons (Fsp3) is 0.167. The number of amides is 1. The topological polar surface area (TPSA) is 57.6 Å². The molecule has 1 N–H and O–H groups in total. The maximum atomic E-state index is 11.7. The number of para-hydroxylation sites is 1. The zero-order chi connectivity index (χ0) is 11.7. The number of anilines is 1. The number of hydrogen-bond acceptors (Lipinski definition) is 2. The van der Waals surface area contributed by atoms with Crippen molar-refractivity contribution in [2.24, 2.45) is 0 Å². The van der Waals surface area contributed by atoms with Crippen LogP contribution in [0.5, 0.6) is 0 Å². The van der Waals surface area contributed by atoms with Crippen LogP contribution in [-0.4, -0.2) is 17.0 Å². The fourth-order valence-corrected chi connectivity index (χ4v) is 1.83. The Morgan fingerprint density at radius 1 is 1.31 bits per heavy atom. The van der Waals surface area contributed by atoms with Crippen LogP contribution in [0.3, 0.4) is 0 Å². The van der Waals surface area contributed by atoms with E-state index in [2.05, 4.69) is 0 Å². The molecular weight excluding hydrogens is 206 g/mol. The first-order valence-electron chi connectivity index (χ1n) is 4.92. The highest BCUT2D eigenvalue weighted by Gasteiger charge is 2.31. The molecule has 1 aliphatic rings. The lowest BCUT2D eigenvalue weighted by molar-refractivity contribution is -0.133. The Bertz CT molecular complexity index is 476. The molecule has 2 rings (SSSR count). The number of carboxylic acids is 1. The minimum Gasteiger partial charge on any atom is -0.478 e. The molecule has 0 bridgehead atoms. The van der Waals surface area contributed by atoms with Crippen LogP contribution >= 0.6 is 0 Å². The van der Waals surface area contributed by atoms with E-state index in [1.807, 2.05) is 18.2 Å². The molecule has 0 atom stereocenters. The summed E-state index contributed by atoms with van der Waals surface area (Å²) >= 11 is 0. The minimum atomic E-state index is -1.02. The molecule has 82 valence electrons. The van der Waals surface area contributed by atoms with E-state index in [1.165, 1.54) is 4.90 Å². The second kappa shape index (κ2) is 3.81. The quantitative estimate of drug-likeness (QED) is 0.821. The van der Waals surface area contributed by atoms with Gasteiger partial charge in [-0.3, -0.25) is 9.69 Å². The highest BCUT2D eigenvalue weighted by atomic mass is 16.4. The third-order valence-corrected chi connectivity index (χ3v) is 2.62. The third-order valence-electron chi connectivity index (χ3n) is 2.62. The lowest BCUT2D eigenvalue weighted by Gasteiger charge is -2.17. The van der Waals surface area contributed by atoms with E-state index in [4.69, 9.17) is 5.11 Å². The number of nitrogens with zero attached hydrogens (tertiary/aromatic N) is 1. The highest BCUT2D eigenvalue weighted by Crippen LogP contribution is 2.29. The van der Waals surface area contributed by atoms with Gasteiger partial charge in [0.05, 0.1) is 12.0 Å². The third kappa shape index (κ3) is 1.58. The fourth-order valence-electron chi connectivity index (χ4n) is 1.83. The molecule has 16 heavy (non-hydrogen) atoms. The van der Waals surface area contributed by atoms with Crippen molar-refractivity contribution < 1.29 is 14.7 Å². The number of benzene rings is 1. The van der Waals surface area contributed by atoms with Gasteiger partial charge in [-0.1, -0.05) is 18.2 Å². The summed E-state index contributed by atoms with van der Waals surface area (Å²) in [6.45, 7) is 1.65. The van der Waals surface area contributed by atoms with E-state index >= 15 is 0 Å². The van der Waals surface area contributed by atoms with Gasteiger partial charge in [0.2, 0.25) is 5.91 Å². The van der Waals surface area contributed by atoms with Crippen molar-refractivity contribution in [3.05, 3.63) is 41.6 Å². The van der Waals surface area contributed by atoms with Crippen LogP contribution in [0.15, 0.2) is 41.6 Å². The molecule has 0 saturated heterocycles. The molecule has 1 aromatic carbocycles. The largest absolute Gasteiger partial charge is 0.478 e. The van der Waals surface area contributed by atoms with Crippen molar-refractivity contribution in [2.45, 2.75) is 13.3 Å². The van der Waals surface area contributed by atoms with E-state index in [-0.39, 0.29) is 17.9 Å². The first-order valence-corrected chi connectivity index (χ1v) is 4.92. The molecule has 0 saturated carbocycles. The predicted molar refractivity (Wildman–Crippen MR) is 58.9 cm³/mol. The molecule has 4 heteroatoms. The summed E-state index contributed by atoms with van der Waals surface area (Å²) in [5.41, 5.74) is 1.39. The van der Waals surface area contributed by atoms with Gasteiger partial charge in [0.25, 0.3) is 0 Å². The smallest absolute Gasteiger partial charge is 0.333 e. The Kier molecular flexibility index (Phi) is 2.48. The zero-order valence-electron chi connectivity index (χ0n) is 8.80. The SMILES string of the molecule is CC1=C(C(=O)O)CC(=O)N1c1ccccc1. The molecule has 0 aromatic heterocycles. The summed E-state index contributed by atoms with van der Waals surface area (Å²) in [6, 6.07) is 9.04. The van der Waals surface area contributed by atoms with Gasteiger partial charge in [-0.2, -0.15) is 0 Å². The van der Waals surface area contributed by atoms with Crippen LogP contribution in [0.4, 0.5) is 5.69 Å². The van der Waals surface area contributed by atoms with Crippen molar-refractivity contribution in [1.82, 2.24) is 0 Å². The number of rotatable bonds is 2. The molecule has 0 spiro atoms. The van der Waals surface area contributed by atoms with E-state index in [0.717, 1.165) is 0 Å². The molecule has 0 fully saturated rings. The van der Waals surface area contributed by atoms with Crippen LogP contribution in [0.25, 0.3) is 0 Å². The van der Waals surface area contributed by atoms with Crippen molar-refractivity contribution in [3.8, 4) is 0 Å². The van der Waals surface area contributed by atoms with Crippen molar-refractivity contribution in [3.63, 3.8) is 0 Å². The van der Waals surface area contributed by atoms with Gasteiger partial charge in [-0.05, 0) is 19.1 Å². The van der Waals surface area contributed by atoms with E-state index in [9.17, 15) is 9.59 Å². The minimum absolute atomic E-state index is 0.0317. The lowest BCUT2D eigenvalue weighted by Crippen LogP contribution is -2.23. The van der Waals surface area contributed by atoms with Crippen LogP contribution < -0.4 is 4.90 Å². The average molecular weight is 217 g/mol. The Balaban J connectivity index is 2.43. The molecule has 1 aromatic rings. The number of carbonyl (C=O) groups excluding carboxylic acids is 1. The first-order chi connectivity index (χ1) is 7.61. The second-order valence-corrected chi connectivity index (χ2v) is 3.61. The molecule has 0 unspecified atom stereocenters. The molecule has 1 amide bonds. The van der Waals surface area contributed by atoms with Crippen molar-refractivity contribution in [2.75, 3.05) is 4.90 Å². The van der Waals surface area contributed by atoms with Crippen LogP contribution in [0.1, 0.15) is 13.3 Å². The van der Waals surface area contributed by atoms with Crippen LogP contribution in [0, 0.1) is 0 Å². The van der Waals surface area contributed by atoms with Gasteiger partial charge in [0, 0.05) is 11.4 Å². The van der Waals surface area contributed by atoms with Gasteiger partial charge in [-0.15, -0.1) is 0 Å². The lowest BCUT2D eigenvalue weighted by atomic mass is 10.2. The maximum Gasteiger partial charge on any atom is 0.333 e. The standard InChI is InChI=1S/C12H11NO3/c1-8-10(12(15)16)7-11(14)13(8)9-5-3-2-4-6-9/h2-6H,7H2,1H3,(H,15,16).